The van der Waals surface area contributed by atoms with Crippen molar-refractivity contribution in [1.29, 1.82) is 0 Å². The Hall–Kier alpha value is -0.410. The number of likely N-dealkylation sites (tertiary alicyclic amines) is 1. The predicted octanol–water partition coefficient (Wildman–Crippen LogP) is 0.422. The van der Waals surface area contributed by atoms with E-state index in [4.69, 9.17) is 5.11 Å². The van der Waals surface area contributed by atoms with Crippen molar-refractivity contribution in [3.8, 4) is 0 Å². The third kappa shape index (κ3) is 1.52. The Morgan fingerprint density at radius 2 is 2.42 bits per heavy atom. The van der Waals surface area contributed by atoms with Crippen LogP contribution in [-0.4, -0.2) is 41.5 Å². The maximum atomic E-state index is 10.8. The van der Waals surface area contributed by atoms with Crippen molar-refractivity contribution >= 4 is 6.29 Å². The molecule has 0 aromatic rings. The average Bonchev–Trinajstić information content (AvgIpc) is 2.50. The molecule has 3 heteroatoms. The van der Waals surface area contributed by atoms with Crippen molar-refractivity contribution in [2.24, 2.45) is 0 Å². The van der Waals surface area contributed by atoms with Crippen LogP contribution in [0.15, 0.2) is 0 Å². The molecule has 1 saturated heterocycles. The molecule has 0 aromatic heterocycles. The summed E-state index contributed by atoms with van der Waals surface area (Å²) in [5.41, 5.74) is -0.546. The highest BCUT2D eigenvalue weighted by Gasteiger charge is 2.39. The van der Waals surface area contributed by atoms with E-state index < -0.39 is 5.54 Å². The topological polar surface area (TPSA) is 40.5 Å². The molecule has 1 unspecified atom stereocenters. The molecule has 0 radical (unpaired) electrons. The third-order valence-electron chi connectivity index (χ3n) is 2.65. The van der Waals surface area contributed by atoms with Gasteiger partial charge in [0, 0.05) is 0 Å². The number of aliphatic hydroxyl groups excluding tert-OH is 1. The molecule has 1 heterocycles. The molecule has 1 aliphatic heterocycles. The second-order valence-corrected chi connectivity index (χ2v) is 3.47. The van der Waals surface area contributed by atoms with Crippen molar-refractivity contribution < 1.29 is 9.90 Å². The van der Waals surface area contributed by atoms with Crippen molar-refractivity contribution in [1.82, 2.24) is 4.90 Å². The number of aldehydes is 1. The number of carbonyl (C=O) groups excluding carboxylic acids is 1. The molecular formula is C9H17NO2. The maximum Gasteiger partial charge on any atom is 0.142 e. The number of hydrogen-bond acceptors (Lipinski definition) is 3. The van der Waals surface area contributed by atoms with Crippen LogP contribution in [0.25, 0.3) is 0 Å². The molecule has 0 aliphatic carbocycles. The number of rotatable bonds is 4. The van der Waals surface area contributed by atoms with Gasteiger partial charge < -0.3 is 9.90 Å². The van der Waals surface area contributed by atoms with E-state index in [1.165, 1.54) is 0 Å². The SMILES string of the molecule is CCCN1CCCC1(C=O)CO. The van der Waals surface area contributed by atoms with Crippen LogP contribution in [0, 0.1) is 0 Å². The normalized spacial score (nSPS) is 30.8. The molecule has 0 bridgehead atoms. The molecule has 3 nitrogen and oxygen atoms in total. The summed E-state index contributed by atoms with van der Waals surface area (Å²) in [5.74, 6) is 0. The molecule has 12 heavy (non-hydrogen) atoms. The first kappa shape index (κ1) is 9.68. The monoisotopic (exact) mass is 171 g/mol. The van der Waals surface area contributed by atoms with Gasteiger partial charge in [0.1, 0.15) is 11.8 Å². The molecule has 0 saturated carbocycles. The molecule has 1 fully saturated rings. The highest BCUT2D eigenvalue weighted by atomic mass is 16.3. The molecule has 0 spiro atoms. The highest BCUT2D eigenvalue weighted by Crippen LogP contribution is 2.26. The second kappa shape index (κ2) is 4.01. The zero-order valence-corrected chi connectivity index (χ0v) is 7.62. The largest absolute Gasteiger partial charge is 0.394 e. The average molecular weight is 171 g/mol. The van der Waals surface area contributed by atoms with Gasteiger partial charge >= 0.3 is 0 Å². The van der Waals surface area contributed by atoms with Crippen molar-refractivity contribution in [3.63, 3.8) is 0 Å². The fourth-order valence-electron chi connectivity index (χ4n) is 1.91. The van der Waals surface area contributed by atoms with Gasteiger partial charge in [0.05, 0.1) is 6.61 Å². The van der Waals surface area contributed by atoms with E-state index in [0.717, 1.165) is 38.6 Å². The Kier molecular flexibility index (Phi) is 3.23. The standard InChI is InChI=1S/C9H17NO2/c1-2-5-10-6-3-4-9(10,7-11)8-12/h7,12H,2-6,8H2,1H3. The molecular weight excluding hydrogens is 154 g/mol. The lowest BCUT2D eigenvalue weighted by Gasteiger charge is -2.31. The molecule has 0 amide bonds. The summed E-state index contributed by atoms with van der Waals surface area (Å²) in [7, 11) is 0. The lowest BCUT2D eigenvalue weighted by molar-refractivity contribution is -0.119. The van der Waals surface area contributed by atoms with E-state index in [9.17, 15) is 4.79 Å². The molecule has 0 aromatic carbocycles. The minimum Gasteiger partial charge on any atom is -0.394 e. The smallest absolute Gasteiger partial charge is 0.142 e. The van der Waals surface area contributed by atoms with Crippen molar-refractivity contribution in [2.45, 2.75) is 31.7 Å². The van der Waals surface area contributed by atoms with Crippen LogP contribution in [0.2, 0.25) is 0 Å². The predicted molar refractivity (Wildman–Crippen MR) is 47.0 cm³/mol. The third-order valence-corrected chi connectivity index (χ3v) is 2.65. The zero-order valence-electron chi connectivity index (χ0n) is 7.62. The lowest BCUT2D eigenvalue weighted by atomic mass is 9.99. The molecule has 1 N–H and O–H groups in total. The van der Waals surface area contributed by atoms with Crippen LogP contribution in [0.1, 0.15) is 26.2 Å². The van der Waals surface area contributed by atoms with E-state index >= 15 is 0 Å². The number of nitrogens with zero attached hydrogens (tertiary/aromatic N) is 1. The number of aliphatic hydroxyl groups is 1. The summed E-state index contributed by atoms with van der Waals surface area (Å²) in [5, 5.41) is 9.14. The van der Waals surface area contributed by atoms with Gasteiger partial charge in [-0.05, 0) is 32.4 Å². The Bertz CT molecular complexity index is 161. The van der Waals surface area contributed by atoms with E-state index in [-0.39, 0.29) is 6.61 Å². The van der Waals surface area contributed by atoms with Gasteiger partial charge in [-0.1, -0.05) is 6.92 Å². The Labute approximate surface area is 73.4 Å². The zero-order chi connectivity index (χ0) is 9.03. The van der Waals surface area contributed by atoms with E-state index in [1.807, 2.05) is 0 Å². The van der Waals surface area contributed by atoms with Crippen LogP contribution in [-0.2, 0) is 4.79 Å². The molecule has 1 rings (SSSR count). The van der Waals surface area contributed by atoms with Crippen LogP contribution >= 0.6 is 0 Å². The van der Waals surface area contributed by atoms with E-state index in [0.29, 0.717) is 0 Å². The first-order valence-electron chi connectivity index (χ1n) is 4.61. The summed E-state index contributed by atoms with van der Waals surface area (Å²) < 4.78 is 0. The second-order valence-electron chi connectivity index (χ2n) is 3.47. The minimum atomic E-state index is -0.546. The summed E-state index contributed by atoms with van der Waals surface area (Å²) in [4.78, 5) is 12.9. The Morgan fingerprint density at radius 3 is 2.92 bits per heavy atom. The summed E-state index contributed by atoms with van der Waals surface area (Å²) in [6, 6.07) is 0. The molecule has 70 valence electrons. The Balaban J connectivity index is 2.64. The van der Waals surface area contributed by atoms with Gasteiger partial charge in [-0.2, -0.15) is 0 Å². The summed E-state index contributed by atoms with van der Waals surface area (Å²) in [6.07, 6.45) is 3.79. The van der Waals surface area contributed by atoms with Gasteiger partial charge in [-0.25, -0.2) is 0 Å². The lowest BCUT2D eigenvalue weighted by Crippen LogP contribution is -2.48. The van der Waals surface area contributed by atoms with Crippen molar-refractivity contribution in [2.75, 3.05) is 19.7 Å². The van der Waals surface area contributed by atoms with Crippen LogP contribution in [0.5, 0.6) is 0 Å². The fourth-order valence-corrected chi connectivity index (χ4v) is 1.91. The maximum absolute atomic E-state index is 10.8. The highest BCUT2D eigenvalue weighted by molar-refractivity contribution is 5.65. The van der Waals surface area contributed by atoms with Crippen LogP contribution in [0.4, 0.5) is 0 Å². The number of hydrogen-bond donors (Lipinski definition) is 1. The number of carbonyl (C=O) groups is 1. The summed E-state index contributed by atoms with van der Waals surface area (Å²) in [6.45, 7) is 3.92. The van der Waals surface area contributed by atoms with Gasteiger partial charge in [0.2, 0.25) is 0 Å². The van der Waals surface area contributed by atoms with Gasteiger partial charge in [-0.3, -0.25) is 4.90 Å². The first-order chi connectivity index (χ1) is 5.79. The van der Waals surface area contributed by atoms with E-state index in [2.05, 4.69) is 11.8 Å². The molecule has 1 atom stereocenters. The first-order valence-corrected chi connectivity index (χ1v) is 4.61. The van der Waals surface area contributed by atoms with Gasteiger partial charge in [0.15, 0.2) is 0 Å². The van der Waals surface area contributed by atoms with Gasteiger partial charge in [-0.15, -0.1) is 0 Å². The summed E-state index contributed by atoms with van der Waals surface area (Å²) >= 11 is 0. The van der Waals surface area contributed by atoms with Crippen LogP contribution in [0.3, 0.4) is 0 Å². The van der Waals surface area contributed by atoms with Crippen molar-refractivity contribution in [3.05, 3.63) is 0 Å². The fraction of sp³-hybridized carbons (Fsp3) is 0.889. The van der Waals surface area contributed by atoms with E-state index in [1.54, 1.807) is 0 Å². The minimum absolute atomic E-state index is 0.0312. The van der Waals surface area contributed by atoms with Gasteiger partial charge in [0.25, 0.3) is 0 Å². The Morgan fingerprint density at radius 1 is 1.67 bits per heavy atom. The quantitative estimate of drug-likeness (QED) is 0.623. The van der Waals surface area contributed by atoms with Crippen LogP contribution < -0.4 is 0 Å². The molecule has 1 aliphatic rings.